The molecule has 2 bridgehead atoms. The number of aryl methyl sites for hydroxylation is 2. The number of nitrogens with one attached hydrogen (secondary N) is 1. The zero-order valence-corrected chi connectivity index (χ0v) is 17.5. The number of carbonyl (C=O) groups excluding carboxylic acids is 1. The van der Waals surface area contributed by atoms with E-state index in [2.05, 4.69) is 15.3 Å². The number of carbonyl (C=O) groups is 1. The van der Waals surface area contributed by atoms with Crippen LogP contribution in [-0.4, -0.2) is 21.9 Å². The minimum atomic E-state index is 0. The Bertz CT molecular complexity index is 776. The summed E-state index contributed by atoms with van der Waals surface area (Å²) >= 11 is 3.13. The maximum absolute atomic E-state index is 12.7. The topological polar surface area (TPSA) is 80.9 Å². The van der Waals surface area contributed by atoms with Crippen LogP contribution in [0.4, 0.5) is 5.13 Å². The first kappa shape index (κ1) is 19.7. The molecule has 2 heterocycles. The van der Waals surface area contributed by atoms with Crippen molar-refractivity contribution in [2.24, 2.45) is 23.5 Å². The number of nitrogens with two attached hydrogens (primary N) is 1. The molecular weight excluding hydrogens is 388 g/mol. The Labute approximate surface area is 168 Å². The summed E-state index contributed by atoms with van der Waals surface area (Å²) in [5.74, 6) is 1.22. The van der Waals surface area contributed by atoms with E-state index in [1.807, 2.05) is 19.2 Å². The first-order chi connectivity index (χ1) is 12.0. The highest BCUT2D eigenvalue weighted by atomic mass is 35.5. The Morgan fingerprint density at radius 1 is 1.23 bits per heavy atom. The molecule has 0 aromatic carbocycles. The van der Waals surface area contributed by atoms with Crippen LogP contribution in [0.1, 0.15) is 42.8 Å². The van der Waals surface area contributed by atoms with Crippen molar-refractivity contribution in [3.8, 4) is 10.6 Å². The molecule has 2 aromatic rings. The van der Waals surface area contributed by atoms with Crippen LogP contribution in [0.25, 0.3) is 10.6 Å². The van der Waals surface area contributed by atoms with Crippen LogP contribution in [-0.2, 0) is 4.79 Å². The molecule has 0 radical (unpaired) electrons. The number of thiazole rings is 2. The molecule has 2 saturated carbocycles. The minimum absolute atomic E-state index is 0. The third-order valence-electron chi connectivity index (χ3n) is 5.65. The first-order valence-corrected chi connectivity index (χ1v) is 10.7. The third-order valence-corrected chi connectivity index (χ3v) is 7.51. The lowest BCUT2D eigenvalue weighted by Gasteiger charge is -2.43. The summed E-state index contributed by atoms with van der Waals surface area (Å²) < 4.78 is 0. The average Bonchev–Trinajstić information content (AvgIpc) is 3.13. The van der Waals surface area contributed by atoms with Crippen molar-refractivity contribution < 1.29 is 4.79 Å². The molecule has 2 unspecified atom stereocenters. The SMILES string of the molecule is Cc1nc(C)c(-c2csc(NC(=O)C3CC4CCCC(C3)C4N)n2)s1.Cl. The Morgan fingerprint density at radius 3 is 2.54 bits per heavy atom. The molecule has 5 nitrogen and oxygen atoms in total. The van der Waals surface area contributed by atoms with Gasteiger partial charge in [0.1, 0.15) is 0 Å². The zero-order chi connectivity index (χ0) is 17.6. The van der Waals surface area contributed by atoms with Gasteiger partial charge in [0.25, 0.3) is 0 Å². The van der Waals surface area contributed by atoms with Gasteiger partial charge in [-0.25, -0.2) is 9.97 Å². The normalized spacial score (nSPS) is 27.7. The van der Waals surface area contributed by atoms with E-state index in [1.54, 1.807) is 11.3 Å². The summed E-state index contributed by atoms with van der Waals surface area (Å²) in [6.45, 7) is 4.00. The Morgan fingerprint density at radius 2 is 1.92 bits per heavy atom. The van der Waals surface area contributed by atoms with E-state index in [1.165, 1.54) is 30.6 Å². The molecule has 2 aromatic heterocycles. The maximum Gasteiger partial charge on any atom is 0.229 e. The van der Waals surface area contributed by atoms with Crippen LogP contribution < -0.4 is 11.1 Å². The van der Waals surface area contributed by atoms with E-state index >= 15 is 0 Å². The molecule has 8 heteroatoms. The standard InChI is InChI=1S/C18H24N4OS2.ClH/c1-9-16(25-10(2)20-9)14-8-24-18(21-14)22-17(23)13-6-11-4-3-5-12(7-13)15(11)19;/h8,11-13,15H,3-7,19H2,1-2H3,(H,21,22,23);1H. The van der Waals surface area contributed by atoms with Gasteiger partial charge >= 0.3 is 0 Å². The van der Waals surface area contributed by atoms with Gasteiger partial charge in [-0.05, 0) is 51.4 Å². The van der Waals surface area contributed by atoms with Gasteiger partial charge in [-0.3, -0.25) is 4.79 Å². The highest BCUT2D eigenvalue weighted by Crippen LogP contribution is 2.42. The summed E-state index contributed by atoms with van der Waals surface area (Å²) in [6.07, 6.45) is 5.46. The summed E-state index contributed by atoms with van der Waals surface area (Å²) in [7, 11) is 0. The number of fused-ring (bicyclic) bond motifs is 2. The minimum Gasteiger partial charge on any atom is -0.327 e. The lowest BCUT2D eigenvalue weighted by Crippen LogP contribution is -2.48. The molecule has 2 aliphatic carbocycles. The molecular formula is C18H25ClN4OS2. The number of nitrogens with zero attached hydrogens (tertiary/aromatic N) is 2. The van der Waals surface area contributed by atoms with Crippen LogP contribution in [0.2, 0.25) is 0 Å². The monoisotopic (exact) mass is 412 g/mol. The van der Waals surface area contributed by atoms with Gasteiger partial charge in [0.05, 0.1) is 21.3 Å². The molecule has 0 saturated heterocycles. The molecule has 26 heavy (non-hydrogen) atoms. The van der Waals surface area contributed by atoms with E-state index in [-0.39, 0.29) is 24.2 Å². The fourth-order valence-corrected chi connectivity index (χ4v) is 6.07. The Balaban J connectivity index is 0.00000196. The summed E-state index contributed by atoms with van der Waals surface area (Å²) in [4.78, 5) is 22.9. The second-order valence-electron chi connectivity index (χ2n) is 7.37. The molecule has 1 amide bonds. The van der Waals surface area contributed by atoms with E-state index in [0.717, 1.165) is 34.1 Å². The highest BCUT2D eigenvalue weighted by molar-refractivity contribution is 7.16. The molecule has 142 valence electrons. The predicted octanol–water partition coefficient (Wildman–Crippen LogP) is 4.40. The van der Waals surface area contributed by atoms with E-state index in [4.69, 9.17) is 5.73 Å². The quantitative estimate of drug-likeness (QED) is 0.782. The van der Waals surface area contributed by atoms with Crippen molar-refractivity contribution in [1.82, 2.24) is 9.97 Å². The number of rotatable bonds is 3. The van der Waals surface area contributed by atoms with Gasteiger partial charge < -0.3 is 11.1 Å². The molecule has 2 atom stereocenters. The molecule has 0 aliphatic heterocycles. The highest BCUT2D eigenvalue weighted by Gasteiger charge is 2.40. The smallest absolute Gasteiger partial charge is 0.229 e. The lowest BCUT2D eigenvalue weighted by molar-refractivity contribution is -0.122. The number of amides is 1. The van der Waals surface area contributed by atoms with Crippen molar-refractivity contribution in [2.75, 3.05) is 5.32 Å². The summed E-state index contributed by atoms with van der Waals surface area (Å²) in [5.41, 5.74) is 8.24. The van der Waals surface area contributed by atoms with Crippen LogP contribution in [0, 0.1) is 31.6 Å². The summed E-state index contributed by atoms with van der Waals surface area (Å²) in [5, 5.41) is 6.77. The van der Waals surface area contributed by atoms with Crippen molar-refractivity contribution in [2.45, 2.75) is 52.0 Å². The molecule has 2 aliphatic rings. The van der Waals surface area contributed by atoms with Crippen molar-refractivity contribution in [1.29, 1.82) is 0 Å². The van der Waals surface area contributed by atoms with E-state index in [0.29, 0.717) is 23.0 Å². The van der Waals surface area contributed by atoms with Crippen LogP contribution in [0.15, 0.2) is 5.38 Å². The van der Waals surface area contributed by atoms with Crippen LogP contribution in [0.3, 0.4) is 0 Å². The Hall–Kier alpha value is -1.02. The molecule has 0 spiro atoms. The average molecular weight is 413 g/mol. The summed E-state index contributed by atoms with van der Waals surface area (Å²) in [6, 6.07) is 0.293. The van der Waals surface area contributed by atoms with Gasteiger partial charge in [-0.2, -0.15) is 0 Å². The molecule has 2 fully saturated rings. The van der Waals surface area contributed by atoms with Gasteiger partial charge in [0, 0.05) is 17.3 Å². The van der Waals surface area contributed by atoms with Crippen molar-refractivity contribution in [3.05, 3.63) is 16.1 Å². The van der Waals surface area contributed by atoms with Gasteiger partial charge in [0.15, 0.2) is 5.13 Å². The second kappa shape index (κ2) is 7.92. The largest absolute Gasteiger partial charge is 0.327 e. The van der Waals surface area contributed by atoms with E-state index in [9.17, 15) is 4.79 Å². The Kier molecular flexibility index (Phi) is 6.01. The fourth-order valence-electron chi connectivity index (χ4n) is 4.42. The number of hydrogen-bond donors (Lipinski definition) is 2. The van der Waals surface area contributed by atoms with Crippen LogP contribution >= 0.6 is 35.1 Å². The first-order valence-electron chi connectivity index (χ1n) is 8.97. The number of aromatic nitrogens is 2. The van der Waals surface area contributed by atoms with E-state index < -0.39 is 0 Å². The van der Waals surface area contributed by atoms with Crippen LogP contribution in [0.5, 0.6) is 0 Å². The van der Waals surface area contributed by atoms with Gasteiger partial charge in [-0.1, -0.05) is 6.42 Å². The van der Waals surface area contributed by atoms with Gasteiger partial charge in [0.2, 0.25) is 5.91 Å². The number of anilines is 1. The van der Waals surface area contributed by atoms with Crippen molar-refractivity contribution >= 4 is 46.1 Å². The second-order valence-corrected chi connectivity index (χ2v) is 9.43. The maximum atomic E-state index is 12.7. The lowest BCUT2D eigenvalue weighted by atomic mass is 9.65. The zero-order valence-electron chi connectivity index (χ0n) is 15.0. The molecule has 3 N–H and O–H groups in total. The third kappa shape index (κ3) is 3.81. The number of halogens is 1. The number of hydrogen-bond acceptors (Lipinski definition) is 6. The molecule has 4 rings (SSSR count). The van der Waals surface area contributed by atoms with Crippen molar-refractivity contribution in [3.63, 3.8) is 0 Å². The fraction of sp³-hybridized carbons (Fsp3) is 0.611. The van der Waals surface area contributed by atoms with Gasteiger partial charge in [-0.15, -0.1) is 35.1 Å². The predicted molar refractivity (Wildman–Crippen MR) is 110 cm³/mol.